The molecule has 0 aromatic carbocycles. The van der Waals surface area contributed by atoms with E-state index in [1.807, 2.05) is 0 Å². The Kier molecular flexibility index (Phi) is 4.58. The van der Waals surface area contributed by atoms with Gasteiger partial charge in [0.15, 0.2) is 0 Å². The Labute approximate surface area is 121 Å². The summed E-state index contributed by atoms with van der Waals surface area (Å²) in [6.45, 7) is 5.08. The summed E-state index contributed by atoms with van der Waals surface area (Å²) >= 11 is 1.47. The van der Waals surface area contributed by atoms with Crippen LogP contribution in [-0.4, -0.2) is 48.3 Å². The number of rotatable bonds is 4. The maximum Gasteiger partial charge on any atom is 0.345 e. The average molecular weight is 298 g/mol. The number of fused-ring (bicyclic) bond motifs is 4. The predicted octanol–water partition coefficient (Wildman–Crippen LogP) is 1.14. The molecule has 110 valence electrons. The highest BCUT2D eigenvalue weighted by molar-refractivity contribution is 7.13. The topological polar surface area (TPSA) is 80.9 Å². The van der Waals surface area contributed by atoms with Crippen LogP contribution in [0.15, 0.2) is 12.7 Å². The summed E-state index contributed by atoms with van der Waals surface area (Å²) in [4.78, 5) is 24.6. The molecule has 7 nitrogen and oxygen atoms in total. The zero-order chi connectivity index (χ0) is 14.7. The van der Waals surface area contributed by atoms with Crippen molar-refractivity contribution in [2.24, 2.45) is 5.73 Å². The van der Waals surface area contributed by atoms with Gasteiger partial charge in [-0.2, -0.15) is 5.06 Å². The van der Waals surface area contributed by atoms with Gasteiger partial charge in [-0.1, -0.05) is 17.4 Å². The first-order chi connectivity index (χ1) is 9.74. The molecule has 0 unspecified atom stereocenters. The van der Waals surface area contributed by atoms with Gasteiger partial charge in [0.1, 0.15) is 6.04 Å². The number of ether oxygens (including phenoxy) is 1. The molecule has 0 saturated carbocycles. The molecule has 8 heteroatoms. The maximum atomic E-state index is 12.1. The summed E-state index contributed by atoms with van der Waals surface area (Å²) in [6.07, 6.45) is 1.62. The van der Waals surface area contributed by atoms with Gasteiger partial charge in [0.2, 0.25) is 0 Å². The highest BCUT2D eigenvalue weighted by Crippen LogP contribution is 2.42. The lowest BCUT2D eigenvalue weighted by Crippen LogP contribution is -2.30. The second kappa shape index (κ2) is 6.21. The van der Waals surface area contributed by atoms with E-state index in [9.17, 15) is 4.79 Å². The normalized spacial score (nSPS) is 19.4. The van der Waals surface area contributed by atoms with Gasteiger partial charge in [-0.15, -0.1) is 6.58 Å². The van der Waals surface area contributed by atoms with Crippen LogP contribution < -0.4 is 10.5 Å². The van der Waals surface area contributed by atoms with E-state index >= 15 is 0 Å². The number of carbonyl (C=O) groups excluding carboxylic acids is 1. The van der Waals surface area contributed by atoms with Gasteiger partial charge in [0, 0.05) is 0 Å². The molecular formula is C12H18N4O3S. The maximum absolute atomic E-state index is 12.1. The van der Waals surface area contributed by atoms with E-state index < -0.39 is 0 Å². The first-order valence-electron chi connectivity index (χ1n) is 6.18. The minimum atomic E-state index is -0.106. The largest absolute Gasteiger partial charge is 0.473 e. The van der Waals surface area contributed by atoms with E-state index in [-0.39, 0.29) is 12.1 Å². The number of aromatic nitrogens is 1. The van der Waals surface area contributed by atoms with Crippen LogP contribution in [0, 0.1) is 0 Å². The van der Waals surface area contributed by atoms with Crippen LogP contribution in [0.4, 0.5) is 4.79 Å². The third kappa shape index (κ3) is 2.37. The van der Waals surface area contributed by atoms with Gasteiger partial charge >= 0.3 is 6.03 Å². The Bertz CT molecular complexity index is 505. The Morgan fingerprint density at radius 2 is 2.35 bits per heavy atom. The summed E-state index contributed by atoms with van der Waals surface area (Å²) in [5, 5.41) is 2.05. The molecule has 1 aromatic rings. The number of hydrogen-bond acceptors (Lipinski definition) is 6. The van der Waals surface area contributed by atoms with Gasteiger partial charge in [0.05, 0.1) is 37.4 Å². The van der Waals surface area contributed by atoms with Crippen molar-refractivity contribution in [3.8, 4) is 5.19 Å². The molecule has 1 saturated heterocycles. The monoisotopic (exact) mass is 298 g/mol. The molecule has 2 aliphatic rings. The minimum Gasteiger partial charge on any atom is -0.473 e. The molecule has 1 atom stereocenters. The molecular weight excluding hydrogens is 280 g/mol. The van der Waals surface area contributed by atoms with E-state index in [0.29, 0.717) is 24.9 Å². The smallest absolute Gasteiger partial charge is 0.345 e. The lowest BCUT2D eigenvalue weighted by Gasteiger charge is -2.21. The Hall–Kier alpha value is -1.64. The molecule has 1 aromatic heterocycles. The highest BCUT2D eigenvalue weighted by atomic mass is 32.1. The van der Waals surface area contributed by atoms with Crippen molar-refractivity contribution >= 4 is 17.4 Å². The Balaban J connectivity index is 0.000000704. The number of urea groups is 1. The third-order valence-electron chi connectivity index (χ3n) is 2.99. The SMILES string of the molecule is C=CCON1C(=O)N2Cc3nc(OC)sc3[C@@H]1C2.CN. The number of nitrogens with zero attached hydrogens (tertiary/aromatic N) is 3. The summed E-state index contributed by atoms with van der Waals surface area (Å²) in [5.74, 6) is 0. The van der Waals surface area contributed by atoms with Crippen LogP contribution in [0.3, 0.4) is 0 Å². The van der Waals surface area contributed by atoms with Crippen molar-refractivity contribution in [3.63, 3.8) is 0 Å². The van der Waals surface area contributed by atoms with E-state index in [4.69, 9.17) is 9.57 Å². The second-order valence-corrected chi connectivity index (χ2v) is 5.08. The number of nitrogens with two attached hydrogens (primary N) is 1. The fourth-order valence-corrected chi connectivity index (χ4v) is 3.18. The molecule has 0 spiro atoms. The fourth-order valence-electron chi connectivity index (χ4n) is 2.22. The van der Waals surface area contributed by atoms with Crippen LogP contribution in [0.2, 0.25) is 0 Å². The van der Waals surface area contributed by atoms with Gasteiger partial charge in [-0.05, 0) is 7.05 Å². The van der Waals surface area contributed by atoms with Crippen molar-refractivity contribution in [2.75, 3.05) is 27.3 Å². The number of thiazole rings is 1. The van der Waals surface area contributed by atoms with E-state index in [1.165, 1.54) is 23.4 Å². The highest BCUT2D eigenvalue weighted by Gasteiger charge is 2.46. The summed E-state index contributed by atoms with van der Waals surface area (Å²) in [7, 11) is 3.10. The number of hydrogen-bond donors (Lipinski definition) is 1. The molecule has 3 rings (SSSR count). The predicted molar refractivity (Wildman–Crippen MR) is 75.3 cm³/mol. The van der Waals surface area contributed by atoms with Crippen LogP contribution in [-0.2, 0) is 11.4 Å². The van der Waals surface area contributed by atoms with Crippen LogP contribution in [0.1, 0.15) is 16.6 Å². The summed E-state index contributed by atoms with van der Waals surface area (Å²) in [6, 6.07) is -0.186. The van der Waals surface area contributed by atoms with E-state index in [1.54, 1.807) is 18.1 Å². The number of carbonyl (C=O) groups is 1. The number of methoxy groups -OCH3 is 1. The van der Waals surface area contributed by atoms with Gasteiger partial charge in [-0.3, -0.25) is 4.84 Å². The Morgan fingerprint density at radius 3 is 3.00 bits per heavy atom. The van der Waals surface area contributed by atoms with Crippen LogP contribution in [0.25, 0.3) is 0 Å². The molecule has 2 N–H and O–H groups in total. The number of amides is 2. The molecule has 0 radical (unpaired) electrons. The van der Waals surface area contributed by atoms with Gasteiger partial charge in [-0.25, -0.2) is 9.78 Å². The lowest BCUT2D eigenvalue weighted by molar-refractivity contribution is -0.118. The first kappa shape index (κ1) is 14.8. The van der Waals surface area contributed by atoms with Crippen LogP contribution in [0.5, 0.6) is 5.19 Å². The van der Waals surface area contributed by atoms with Crippen LogP contribution >= 0.6 is 11.3 Å². The zero-order valence-corrected chi connectivity index (χ0v) is 12.4. The molecule has 1 fully saturated rings. The fraction of sp³-hybridized carbons (Fsp3) is 0.500. The third-order valence-corrected chi connectivity index (χ3v) is 4.15. The zero-order valence-electron chi connectivity index (χ0n) is 11.5. The molecule has 2 aliphatic heterocycles. The molecule has 20 heavy (non-hydrogen) atoms. The molecule has 0 aliphatic carbocycles. The van der Waals surface area contributed by atoms with Crippen molar-refractivity contribution in [1.29, 1.82) is 0 Å². The van der Waals surface area contributed by atoms with Gasteiger partial charge in [0.25, 0.3) is 5.19 Å². The standard InChI is InChI=1S/C11H13N3O3S.CH5N/c1-3-4-17-14-8-6-13(11(14)15)5-7-9(8)18-10(12-7)16-2;1-2/h3,8H,1,4-6H2,2H3;2H2,1H3/t8-;/m0./s1. The van der Waals surface area contributed by atoms with Crippen molar-refractivity contribution in [1.82, 2.24) is 14.9 Å². The first-order valence-corrected chi connectivity index (χ1v) is 6.99. The lowest BCUT2D eigenvalue weighted by atomic mass is 10.1. The molecule has 2 amide bonds. The molecule has 3 heterocycles. The minimum absolute atomic E-state index is 0.0809. The molecule has 2 bridgehead atoms. The average Bonchev–Trinajstić information content (AvgIpc) is 3.02. The second-order valence-electron chi connectivity index (χ2n) is 4.08. The quantitative estimate of drug-likeness (QED) is 0.843. The van der Waals surface area contributed by atoms with Crippen molar-refractivity contribution in [2.45, 2.75) is 12.6 Å². The van der Waals surface area contributed by atoms with E-state index in [0.717, 1.165) is 10.6 Å². The van der Waals surface area contributed by atoms with Crippen molar-refractivity contribution < 1.29 is 14.4 Å². The Morgan fingerprint density at radius 1 is 1.60 bits per heavy atom. The van der Waals surface area contributed by atoms with E-state index in [2.05, 4.69) is 17.3 Å². The summed E-state index contributed by atoms with van der Waals surface area (Å²) < 4.78 is 5.15. The van der Waals surface area contributed by atoms with Gasteiger partial charge < -0.3 is 15.4 Å². The van der Waals surface area contributed by atoms with Crippen molar-refractivity contribution in [3.05, 3.63) is 23.2 Å². The number of hydroxylamine groups is 2. The summed E-state index contributed by atoms with van der Waals surface area (Å²) in [5.41, 5.74) is 5.41.